The van der Waals surface area contributed by atoms with E-state index in [1.54, 1.807) is 19.3 Å². The Bertz CT molecular complexity index is 969. The summed E-state index contributed by atoms with van der Waals surface area (Å²) in [6.45, 7) is 9.01. The van der Waals surface area contributed by atoms with E-state index in [4.69, 9.17) is 20.6 Å². The number of aromatic nitrogens is 1. The van der Waals surface area contributed by atoms with Gasteiger partial charge in [0.1, 0.15) is 11.5 Å². The molecule has 0 saturated carbocycles. The minimum Gasteiger partial charge on any atom is -0.494 e. The molecule has 2 aromatic carbocycles. The highest BCUT2D eigenvalue weighted by molar-refractivity contribution is 6.02. The summed E-state index contributed by atoms with van der Waals surface area (Å²) >= 11 is 0. The molecule has 0 fully saturated rings. The number of aryl methyl sites for hydroxylation is 1. The number of nitrogens with zero attached hydrogens (tertiary/aromatic N) is 1. The first kappa shape index (κ1) is 23.9. The summed E-state index contributed by atoms with van der Waals surface area (Å²) in [6, 6.07) is 15.9. The van der Waals surface area contributed by atoms with E-state index in [-0.39, 0.29) is 0 Å². The maximum atomic E-state index is 7.87. The molecule has 0 bridgehead atoms. The van der Waals surface area contributed by atoms with Gasteiger partial charge in [0.2, 0.25) is 0 Å². The van der Waals surface area contributed by atoms with Crippen LogP contribution in [-0.2, 0) is 6.42 Å². The zero-order chi connectivity index (χ0) is 22.6. The van der Waals surface area contributed by atoms with Crippen LogP contribution in [0, 0.1) is 5.41 Å². The molecule has 0 aliphatic rings. The Balaban J connectivity index is 0.00000166. The van der Waals surface area contributed by atoms with Crippen molar-refractivity contribution >= 4 is 11.4 Å². The number of hydrogen-bond acceptors (Lipinski definition) is 5. The molecule has 3 aromatic rings. The second kappa shape index (κ2) is 12.4. The van der Waals surface area contributed by atoms with Gasteiger partial charge in [-0.05, 0) is 68.1 Å². The molecule has 0 atom stereocenters. The van der Waals surface area contributed by atoms with Crippen molar-refractivity contribution in [2.75, 3.05) is 18.9 Å². The molecule has 3 N–H and O–H groups in total. The molecule has 0 spiro atoms. The Labute approximate surface area is 185 Å². The molecule has 0 aliphatic heterocycles. The number of hydrogen-bond donors (Lipinski definition) is 2. The van der Waals surface area contributed by atoms with Crippen LogP contribution in [0.3, 0.4) is 0 Å². The number of benzene rings is 2. The molecule has 164 valence electrons. The van der Waals surface area contributed by atoms with Crippen LogP contribution in [0.25, 0.3) is 11.1 Å². The van der Waals surface area contributed by atoms with Crippen molar-refractivity contribution in [3.63, 3.8) is 0 Å². The van der Waals surface area contributed by atoms with Crippen molar-refractivity contribution in [1.29, 1.82) is 5.41 Å². The fourth-order valence-electron chi connectivity index (χ4n) is 3.10. The Kier molecular flexibility index (Phi) is 9.56. The first-order valence-corrected chi connectivity index (χ1v) is 10.8. The van der Waals surface area contributed by atoms with Crippen molar-refractivity contribution in [2.45, 2.75) is 40.5 Å². The summed E-state index contributed by atoms with van der Waals surface area (Å²) in [5, 5.41) is 7.87. The van der Waals surface area contributed by atoms with Gasteiger partial charge in [0, 0.05) is 28.7 Å². The standard InChI is InChI=1S/C24H27N3O2.C2H6/c1-3-28-21-9-6-18(7-10-21)5-4-12-29-22-13-20(15-27-16-22)19-8-11-24(26)23(14-19)17(2)25;1-2/h6-11,13-16,25H,3-5,12,26H2,1-2H3;1-2H3. The first-order chi connectivity index (χ1) is 15.1. The van der Waals surface area contributed by atoms with Gasteiger partial charge in [0.15, 0.2) is 0 Å². The molecular formula is C26H33N3O2. The maximum absolute atomic E-state index is 7.87. The largest absolute Gasteiger partial charge is 0.494 e. The lowest BCUT2D eigenvalue weighted by Gasteiger charge is -2.10. The third-order valence-corrected chi connectivity index (χ3v) is 4.62. The Morgan fingerprint density at radius 2 is 1.68 bits per heavy atom. The van der Waals surface area contributed by atoms with Crippen LogP contribution in [0.5, 0.6) is 11.5 Å². The van der Waals surface area contributed by atoms with Crippen LogP contribution < -0.4 is 15.2 Å². The quantitative estimate of drug-likeness (QED) is 0.247. The number of nitrogens with two attached hydrogens (primary N) is 1. The van der Waals surface area contributed by atoms with Crippen molar-refractivity contribution in [2.24, 2.45) is 0 Å². The average Bonchev–Trinajstić information content (AvgIpc) is 2.80. The molecule has 0 saturated heterocycles. The average molecular weight is 420 g/mol. The molecule has 0 aliphatic carbocycles. The van der Waals surface area contributed by atoms with Crippen LogP contribution in [0.1, 0.15) is 45.2 Å². The van der Waals surface area contributed by atoms with E-state index in [9.17, 15) is 0 Å². The second-order valence-corrected chi connectivity index (χ2v) is 6.87. The van der Waals surface area contributed by atoms with Crippen molar-refractivity contribution < 1.29 is 9.47 Å². The molecule has 0 unspecified atom stereocenters. The fourth-order valence-corrected chi connectivity index (χ4v) is 3.10. The van der Waals surface area contributed by atoms with E-state index in [0.717, 1.165) is 41.0 Å². The van der Waals surface area contributed by atoms with Crippen molar-refractivity contribution in [3.05, 3.63) is 72.1 Å². The number of ether oxygens (including phenoxy) is 2. The van der Waals surface area contributed by atoms with E-state index in [0.29, 0.717) is 24.6 Å². The summed E-state index contributed by atoms with van der Waals surface area (Å²) in [7, 11) is 0. The summed E-state index contributed by atoms with van der Waals surface area (Å²) in [6.07, 6.45) is 5.37. The van der Waals surface area contributed by atoms with E-state index in [1.165, 1.54) is 5.56 Å². The molecule has 3 rings (SSSR count). The summed E-state index contributed by atoms with van der Waals surface area (Å²) < 4.78 is 11.4. The molecule has 5 heteroatoms. The summed E-state index contributed by atoms with van der Waals surface area (Å²) in [5.74, 6) is 1.64. The highest BCUT2D eigenvalue weighted by atomic mass is 16.5. The molecule has 1 aromatic heterocycles. The SMILES string of the molecule is CC.CCOc1ccc(CCCOc2cncc(-c3ccc(N)c(C(C)=N)c3)c2)cc1. The van der Waals surface area contributed by atoms with Gasteiger partial charge < -0.3 is 20.6 Å². The van der Waals surface area contributed by atoms with E-state index in [1.807, 2.05) is 57.2 Å². The van der Waals surface area contributed by atoms with Gasteiger partial charge >= 0.3 is 0 Å². The van der Waals surface area contributed by atoms with E-state index >= 15 is 0 Å². The maximum Gasteiger partial charge on any atom is 0.138 e. The number of nitrogen functional groups attached to an aromatic ring is 1. The number of rotatable bonds is 9. The Morgan fingerprint density at radius 1 is 0.935 bits per heavy atom. The third-order valence-electron chi connectivity index (χ3n) is 4.62. The lowest BCUT2D eigenvalue weighted by Crippen LogP contribution is -2.01. The van der Waals surface area contributed by atoms with Crippen molar-refractivity contribution in [1.82, 2.24) is 4.98 Å². The van der Waals surface area contributed by atoms with Gasteiger partial charge in [-0.2, -0.15) is 0 Å². The minimum atomic E-state index is 0.444. The van der Waals surface area contributed by atoms with Gasteiger partial charge in [0.05, 0.1) is 19.4 Å². The van der Waals surface area contributed by atoms with Crippen LogP contribution in [-0.4, -0.2) is 23.9 Å². The van der Waals surface area contributed by atoms with Crippen LogP contribution >= 0.6 is 0 Å². The predicted octanol–water partition coefficient (Wildman–Crippen LogP) is 6.16. The smallest absolute Gasteiger partial charge is 0.138 e. The molecule has 1 heterocycles. The zero-order valence-electron chi connectivity index (χ0n) is 18.9. The first-order valence-electron chi connectivity index (χ1n) is 10.8. The lowest BCUT2D eigenvalue weighted by atomic mass is 10.0. The molecule has 31 heavy (non-hydrogen) atoms. The van der Waals surface area contributed by atoms with Gasteiger partial charge in [-0.3, -0.25) is 4.98 Å². The number of nitrogens with one attached hydrogen (secondary N) is 1. The van der Waals surface area contributed by atoms with Crippen molar-refractivity contribution in [3.8, 4) is 22.6 Å². The van der Waals surface area contributed by atoms with Gasteiger partial charge in [0.25, 0.3) is 0 Å². The van der Waals surface area contributed by atoms with Gasteiger partial charge in [-0.15, -0.1) is 0 Å². The summed E-state index contributed by atoms with van der Waals surface area (Å²) in [5.41, 5.74) is 10.9. The van der Waals surface area contributed by atoms with Crippen LogP contribution in [0.2, 0.25) is 0 Å². The Hall–Kier alpha value is -3.34. The molecule has 5 nitrogen and oxygen atoms in total. The molecule has 0 amide bonds. The third kappa shape index (κ3) is 7.14. The minimum absolute atomic E-state index is 0.444. The van der Waals surface area contributed by atoms with Crippen LogP contribution in [0.15, 0.2) is 60.9 Å². The number of pyridine rings is 1. The topological polar surface area (TPSA) is 81.2 Å². The highest BCUT2D eigenvalue weighted by Crippen LogP contribution is 2.26. The predicted molar refractivity (Wildman–Crippen MR) is 129 cm³/mol. The monoisotopic (exact) mass is 419 g/mol. The fraction of sp³-hybridized carbons (Fsp3) is 0.308. The zero-order valence-corrected chi connectivity index (χ0v) is 18.9. The van der Waals surface area contributed by atoms with Gasteiger partial charge in [-0.1, -0.05) is 32.0 Å². The van der Waals surface area contributed by atoms with E-state index < -0.39 is 0 Å². The normalized spacial score (nSPS) is 10.1. The second-order valence-electron chi connectivity index (χ2n) is 6.87. The summed E-state index contributed by atoms with van der Waals surface area (Å²) in [4.78, 5) is 4.30. The molecular weight excluding hydrogens is 386 g/mol. The molecule has 0 radical (unpaired) electrons. The van der Waals surface area contributed by atoms with Crippen LogP contribution in [0.4, 0.5) is 5.69 Å². The lowest BCUT2D eigenvalue weighted by molar-refractivity contribution is 0.310. The van der Waals surface area contributed by atoms with E-state index in [2.05, 4.69) is 17.1 Å². The Morgan fingerprint density at radius 3 is 2.35 bits per heavy atom. The highest BCUT2D eigenvalue weighted by Gasteiger charge is 2.07. The number of anilines is 1. The van der Waals surface area contributed by atoms with Gasteiger partial charge in [-0.25, -0.2) is 0 Å².